The van der Waals surface area contributed by atoms with Gasteiger partial charge in [0.15, 0.2) is 0 Å². The van der Waals surface area contributed by atoms with Crippen LogP contribution in [0.4, 0.5) is 5.69 Å². The fourth-order valence-corrected chi connectivity index (χ4v) is 3.20. The van der Waals surface area contributed by atoms with Gasteiger partial charge in [0.2, 0.25) is 0 Å². The number of likely N-dealkylation sites (tertiary alicyclic amines) is 1. The molecule has 2 aliphatic rings. The van der Waals surface area contributed by atoms with Crippen LogP contribution in [0.1, 0.15) is 19.3 Å². The molecule has 0 atom stereocenters. The van der Waals surface area contributed by atoms with Gasteiger partial charge in [-0.2, -0.15) is 0 Å². The van der Waals surface area contributed by atoms with Crippen molar-refractivity contribution in [2.45, 2.75) is 19.3 Å². The van der Waals surface area contributed by atoms with Crippen molar-refractivity contribution in [2.75, 3.05) is 18.0 Å². The lowest BCUT2D eigenvalue weighted by atomic mass is 10.1. The minimum Gasteiger partial charge on any atom is -0.366 e. The average Bonchev–Trinajstić information content (AvgIpc) is 2.70. The van der Waals surface area contributed by atoms with Gasteiger partial charge in [0.25, 0.3) is 11.8 Å². The van der Waals surface area contributed by atoms with Gasteiger partial charge < -0.3 is 4.90 Å². The van der Waals surface area contributed by atoms with Gasteiger partial charge >= 0.3 is 0 Å². The molecule has 4 nitrogen and oxygen atoms in total. The van der Waals surface area contributed by atoms with Gasteiger partial charge in [0.1, 0.15) is 10.7 Å². The standard InChI is InChI=1S/C15H14Cl2N2O2/c16-10-5-4-6-11(9-10)19-14(20)12(17)13(15(19)21)18-7-2-1-3-8-18/h4-6,9H,1-3,7-8H2. The number of halogens is 2. The third-order valence-corrected chi connectivity index (χ3v) is 4.32. The van der Waals surface area contributed by atoms with Crippen molar-refractivity contribution in [3.8, 4) is 0 Å². The molecule has 0 aliphatic carbocycles. The molecule has 1 aromatic rings. The van der Waals surface area contributed by atoms with Crippen LogP contribution in [-0.2, 0) is 9.59 Å². The zero-order valence-electron chi connectivity index (χ0n) is 11.3. The molecule has 2 aliphatic heterocycles. The number of carbonyl (C=O) groups excluding carboxylic acids is 2. The van der Waals surface area contributed by atoms with Crippen LogP contribution in [-0.4, -0.2) is 29.8 Å². The molecule has 0 N–H and O–H groups in total. The Kier molecular flexibility index (Phi) is 3.91. The predicted octanol–water partition coefficient (Wildman–Crippen LogP) is 3.15. The average molecular weight is 325 g/mol. The first-order valence-corrected chi connectivity index (χ1v) is 7.64. The first-order chi connectivity index (χ1) is 10.1. The fraction of sp³-hybridized carbons (Fsp3) is 0.333. The van der Waals surface area contributed by atoms with Crippen molar-refractivity contribution in [3.05, 3.63) is 40.0 Å². The fourth-order valence-electron chi connectivity index (χ4n) is 2.73. The number of imide groups is 1. The maximum atomic E-state index is 12.6. The first kappa shape index (κ1) is 14.4. The highest BCUT2D eigenvalue weighted by Gasteiger charge is 2.41. The van der Waals surface area contributed by atoms with Crippen molar-refractivity contribution in [1.82, 2.24) is 4.90 Å². The van der Waals surface area contributed by atoms with Crippen LogP contribution >= 0.6 is 23.2 Å². The summed E-state index contributed by atoms with van der Waals surface area (Å²) in [5.74, 6) is -0.848. The third-order valence-electron chi connectivity index (χ3n) is 3.74. The zero-order chi connectivity index (χ0) is 15.0. The largest absolute Gasteiger partial charge is 0.366 e. The van der Waals surface area contributed by atoms with E-state index in [1.807, 2.05) is 4.90 Å². The summed E-state index contributed by atoms with van der Waals surface area (Å²) in [6.07, 6.45) is 3.15. The Bertz CT molecular complexity index is 636. The first-order valence-electron chi connectivity index (χ1n) is 6.88. The molecular formula is C15H14Cl2N2O2. The quantitative estimate of drug-likeness (QED) is 0.785. The highest BCUT2D eigenvalue weighted by molar-refractivity contribution is 6.52. The Morgan fingerprint density at radius 1 is 0.952 bits per heavy atom. The number of piperidine rings is 1. The molecule has 0 saturated carbocycles. The van der Waals surface area contributed by atoms with Gasteiger partial charge in [0, 0.05) is 18.1 Å². The lowest BCUT2D eigenvalue weighted by Crippen LogP contribution is -2.37. The second-order valence-electron chi connectivity index (χ2n) is 5.14. The highest BCUT2D eigenvalue weighted by atomic mass is 35.5. The van der Waals surface area contributed by atoms with E-state index in [0.717, 1.165) is 37.3 Å². The van der Waals surface area contributed by atoms with E-state index in [1.165, 1.54) is 0 Å². The SMILES string of the molecule is O=C1C(Cl)=C(N2CCCCC2)C(=O)N1c1cccc(Cl)c1. The number of hydrogen-bond donors (Lipinski definition) is 0. The van der Waals surface area contributed by atoms with Gasteiger partial charge in [-0.15, -0.1) is 0 Å². The number of hydrogen-bond acceptors (Lipinski definition) is 3. The molecule has 0 unspecified atom stereocenters. The van der Waals surface area contributed by atoms with Crippen LogP contribution in [0.5, 0.6) is 0 Å². The van der Waals surface area contributed by atoms with Crippen LogP contribution < -0.4 is 4.90 Å². The maximum Gasteiger partial charge on any atom is 0.283 e. The van der Waals surface area contributed by atoms with Crippen molar-refractivity contribution < 1.29 is 9.59 Å². The Balaban J connectivity index is 1.94. The lowest BCUT2D eigenvalue weighted by molar-refractivity contribution is -0.121. The molecule has 0 radical (unpaired) electrons. The van der Waals surface area contributed by atoms with Crippen molar-refractivity contribution in [2.24, 2.45) is 0 Å². The smallest absolute Gasteiger partial charge is 0.283 e. The van der Waals surface area contributed by atoms with E-state index in [9.17, 15) is 9.59 Å². The summed E-state index contributed by atoms with van der Waals surface area (Å²) in [6.45, 7) is 1.52. The molecular weight excluding hydrogens is 311 g/mol. The molecule has 3 rings (SSSR count). The molecule has 0 aromatic heterocycles. The number of carbonyl (C=O) groups is 2. The predicted molar refractivity (Wildman–Crippen MR) is 82.2 cm³/mol. The van der Waals surface area contributed by atoms with E-state index in [4.69, 9.17) is 23.2 Å². The number of rotatable bonds is 2. The molecule has 2 heterocycles. The molecule has 2 amide bonds. The topological polar surface area (TPSA) is 40.6 Å². The monoisotopic (exact) mass is 324 g/mol. The van der Waals surface area contributed by atoms with E-state index in [2.05, 4.69) is 0 Å². The van der Waals surface area contributed by atoms with E-state index in [0.29, 0.717) is 16.4 Å². The normalized spacial score (nSPS) is 19.7. The molecule has 110 valence electrons. The Morgan fingerprint density at radius 2 is 1.67 bits per heavy atom. The van der Waals surface area contributed by atoms with Gasteiger partial charge in [-0.1, -0.05) is 29.3 Å². The lowest BCUT2D eigenvalue weighted by Gasteiger charge is -2.29. The van der Waals surface area contributed by atoms with Crippen LogP contribution in [0.2, 0.25) is 5.02 Å². The summed E-state index contributed by atoms with van der Waals surface area (Å²) in [7, 11) is 0. The Hall–Kier alpha value is -1.52. The van der Waals surface area contributed by atoms with E-state index >= 15 is 0 Å². The summed E-state index contributed by atoms with van der Waals surface area (Å²) in [5.41, 5.74) is 0.768. The Labute approximate surface area is 132 Å². The summed E-state index contributed by atoms with van der Waals surface area (Å²) in [6, 6.07) is 6.65. The van der Waals surface area contributed by atoms with E-state index in [-0.39, 0.29) is 10.9 Å². The summed E-state index contributed by atoms with van der Waals surface area (Å²) in [5, 5.41) is 0.470. The van der Waals surface area contributed by atoms with E-state index in [1.54, 1.807) is 24.3 Å². The summed E-state index contributed by atoms with van der Waals surface area (Å²) >= 11 is 12.1. The molecule has 0 bridgehead atoms. The highest BCUT2D eigenvalue weighted by Crippen LogP contribution is 2.33. The van der Waals surface area contributed by atoms with Crippen LogP contribution in [0.15, 0.2) is 35.0 Å². The molecule has 1 saturated heterocycles. The summed E-state index contributed by atoms with van der Waals surface area (Å²) < 4.78 is 0. The van der Waals surface area contributed by atoms with Gasteiger partial charge in [-0.05, 0) is 37.5 Å². The van der Waals surface area contributed by atoms with Crippen LogP contribution in [0, 0.1) is 0 Å². The number of nitrogens with zero attached hydrogens (tertiary/aromatic N) is 2. The van der Waals surface area contributed by atoms with Crippen molar-refractivity contribution in [3.63, 3.8) is 0 Å². The molecule has 21 heavy (non-hydrogen) atoms. The van der Waals surface area contributed by atoms with Crippen molar-refractivity contribution >= 4 is 40.7 Å². The van der Waals surface area contributed by atoms with Crippen LogP contribution in [0.25, 0.3) is 0 Å². The number of amides is 2. The summed E-state index contributed by atoms with van der Waals surface area (Å²) in [4.78, 5) is 28.0. The molecule has 0 spiro atoms. The maximum absolute atomic E-state index is 12.6. The Morgan fingerprint density at radius 3 is 2.33 bits per heavy atom. The molecule has 1 aromatic carbocycles. The minimum absolute atomic E-state index is 0.00174. The zero-order valence-corrected chi connectivity index (χ0v) is 12.8. The number of benzene rings is 1. The van der Waals surface area contributed by atoms with Crippen molar-refractivity contribution in [1.29, 1.82) is 0 Å². The third kappa shape index (κ3) is 2.54. The second-order valence-corrected chi connectivity index (χ2v) is 5.95. The van der Waals surface area contributed by atoms with E-state index < -0.39 is 5.91 Å². The van der Waals surface area contributed by atoms with Gasteiger partial charge in [-0.25, -0.2) is 4.90 Å². The number of anilines is 1. The van der Waals surface area contributed by atoms with Crippen LogP contribution in [0.3, 0.4) is 0 Å². The molecule has 1 fully saturated rings. The molecule has 6 heteroatoms. The van der Waals surface area contributed by atoms with Gasteiger partial charge in [0.05, 0.1) is 5.69 Å². The minimum atomic E-state index is -0.482. The van der Waals surface area contributed by atoms with Gasteiger partial charge in [-0.3, -0.25) is 9.59 Å². The second kappa shape index (κ2) is 5.70.